The molecule has 146 valence electrons. The Morgan fingerprint density at radius 3 is 2.68 bits per heavy atom. The molecule has 7 heteroatoms. The van der Waals surface area contributed by atoms with E-state index in [1.54, 1.807) is 6.21 Å². The average molecular weight is 444 g/mol. The van der Waals surface area contributed by atoms with Crippen LogP contribution < -0.4 is 14.9 Å². The fraction of sp³-hybridized carbons (Fsp3) is 0.333. The number of ether oxygens (including phenoxy) is 2. The van der Waals surface area contributed by atoms with E-state index in [0.29, 0.717) is 5.75 Å². The number of fused-ring (bicyclic) bond motifs is 1. The first-order valence-electron chi connectivity index (χ1n) is 9.37. The lowest BCUT2D eigenvalue weighted by Crippen LogP contribution is -2.39. The van der Waals surface area contributed by atoms with E-state index in [0.717, 1.165) is 48.3 Å². The number of nitrogens with one attached hydrogen (secondary N) is 1. The van der Waals surface area contributed by atoms with Gasteiger partial charge in [-0.05, 0) is 67.4 Å². The number of halogens is 1. The minimum Gasteiger partial charge on any atom is -0.454 e. The Morgan fingerprint density at radius 1 is 1.14 bits per heavy atom. The summed E-state index contributed by atoms with van der Waals surface area (Å²) in [7, 11) is 0. The number of hydrazone groups is 1. The number of nitrogens with zero attached hydrogens (tertiary/aromatic N) is 2. The maximum atomic E-state index is 12.4. The second-order valence-electron chi connectivity index (χ2n) is 7.02. The molecular weight excluding hydrogens is 422 g/mol. The van der Waals surface area contributed by atoms with Crippen molar-refractivity contribution in [3.8, 4) is 11.5 Å². The number of benzene rings is 2. The highest BCUT2D eigenvalue weighted by Crippen LogP contribution is 2.32. The van der Waals surface area contributed by atoms with Crippen LogP contribution in [0.2, 0.25) is 0 Å². The SMILES string of the molecule is O=C(N/N=C/c1ccc2c(c1)OCO2)C1CCN(Cc2ccc(Br)cc2)CC1. The summed E-state index contributed by atoms with van der Waals surface area (Å²) in [6, 6.07) is 14.0. The van der Waals surface area contributed by atoms with Crippen molar-refractivity contribution in [1.29, 1.82) is 0 Å². The Kier molecular flexibility index (Phi) is 5.92. The van der Waals surface area contributed by atoms with Gasteiger partial charge in [0, 0.05) is 16.9 Å². The van der Waals surface area contributed by atoms with E-state index < -0.39 is 0 Å². The molecule has 0 aromatic heterocycles. The van der Waals surface area contributed by atoms with E-state index >= 15 is 0 Å². The lowest BCUT2D eigenvalue weighted by molar-refractivity contribution is -0.126. The lowest BCUT2D eigenvalue weighted by Gasteiger charge is -2.30. The lowest BCUT2D eigenvalue weighted by atomic mass is 9.96. The summed E-state index contributed by atoms with van der Waals surface area (Å²) in [4.78, 5) is 14.8. The van der Waals surface area contributed by atoms with Crippen molar-refractivity contribution in [2.24, 2.45) is 11.0 Å². The van der Waals surface area contributed by atoms with E-state index in [4.69, 9.17) is 9.47 Å². The third kappa shape index (κ3) is 4.72. The molecule has 1 N–H and O–H groups in total. The van der Waals surface area contributed by atoms with E-state index in [1.807, 2.05) is 18.2 Å². The predicted molar refractivity (Wildman–Crippen MR) is 110 cm³/mol. The van der Waals surface area contributed by atoms with Gasteiger partial charge in [0.1, 0.15) is 0 Å². The van der Waals surface area contributed by atoms with Crippen LogP contribution in [-0.2, 0) is 11.3 Å². The Balaban J connectivity index is 1.23. The zero-order valence-corrected chi connectivity index (χ0v) is 17.0. The third-order valence-corrected chi connectivity index (χ3v) is 5.59. The molecule has 1 fully saturated rings. The molecule has 2 heterocycles. The molecule has 28 heavy (non-hydrogen) atoms. The second kappa shape index (κ2) is 8.75. The fourth-order valence-electron chi connectivity index (χ4n) is 3.46. The van der Waals surface area contributed by atoms with Crippen LogP contribution in [0.25, 0.3) is 0 Å². The van der Waals surface area contributed by atoms with E-state index in [1.165, 1.54) is 5.56 Å². The van der Waals surface area contributed by atoms with Gasteiger partial charge >= 0.3 is 0 Å². The van der Waals surface area contributed by atoms with Gasteiger partial charge in [0.25, 0.3) is 0 Å². The second-order valence-corrected chi connectivity index (χ2v) is 7.94. The quantitative estimate of drug-likeness (QED) is 0.566. The number of amides is 1. The van der Waals surface area contributed by atoms with Gasteiger partial charge in [0.05, 0.1) is 6.21 Å². The van der Waals surface area contributed by atoms with E-state index in [2.05, 4.69) is 55.6 Å². The smallest absolute Gasteiger partial charge is 0.243 e. The molecule has 1 saturated heterocycles. The van der Waals surface area contributed by atoms with Crippen molar-refractivity contribution < 1.29 is 14.3 Å². The van der Waals surface area contributed by atoms with Crippen LogP contribution in [0, 0.1) is 5.92 Å². The van der Waals surface area contributed by atoms with Gasteiger partial charge in [0.2, 0.25) is 12.7 Å². The molecule has 0 aliphatic carbocycles. The van der Waals surface area contributed by atoms with Gasteiger partial charge in [-0.2, -0.15) is 5.10 Å². The maximum Gasteiger partial charge on any atom is 0.243 e. The van der Waals surface area contributed by atoms with Gasteiger partial charge in [-0.15, -0.1) is 0 Å². The molecule has 6 nitrogen and oxygen atoms in total. The molecule has 2 aliphatic rings. The Labute approximate surface area is 172 Å². The molecule has 4 rings (SSSR count). The monoisotopic (exact) mass is 443 g/mol. The van der Waals surface area contributed by atoms with Gasteiger partial charge in [-0.25, -0.2) is 5.43 Å². The van der Waals surface area contributed by atoms with Gasteiger partial charge in [-0.3, -0.25) is 9.69 Å². The number of hydrogen-bond donors (Lipinski definition) is 1. The fourth-order valence-corrected chi connectivity index (χ4v) is 3.72. The summed E-state index contributed by atoms with van der Waals surface area (Å²) < 4.78 is 11.7. The van der Waals surface area contributed by atoms with Crippen molar-refractivity contribution in [3.05, 3.63) is 58.1 Å². The zero-order valence-electron chi connectivity index (χ0n) is 15.4. The van der Waals surface area contributed by atoms with Crippen molar-refractivity contribution in [2.75, 3.05) is 19.9 Å². The number of hydrogen-bond acceptors (Lipinski definition) is 5. The first-order chi connectivity index (χ1) is 13.7. The van der Waals surface area contributed by atoms with Gasteiger partial charge < -0.3 is 9.47 Å². The minimum absolute atomic E-state index is 0.00933. The highest BCUT2D eigenvalue weighted by atomic mass is 79.9. The summed E-state index contributed by atoms with van der Waals surface area (Å²) in [6.45, 7) is 3.00. The van der Waals surface area contributed by atoms with E-state index in [9.17, 15) is 4.79 Å². The first-order valence-corrected chi connectivity index (χ1v) is 10.2. The Hall–Kier alpha value is -2.38. The van der Waals surface area contributed by atoms with Crippen LogP contribution in [0.4, 0.5) is 0 Å². The number of carbonyl (C=O) groups excluding carboxylic acids is 1. The molecule has 0 radical (unpaired) electrons. The number of piperidine rings is 1. The number of carbonyl (C=O) groups is 1. The van der Waals surface area contributed by atoms with Crippen LogP contribution in [0.1, 0.15) is 24.0 Å². The van der Waals surface area contributed by atoms with Crippen LogP contribution >= 0.6 is 15.9 Å². The zero-order chi connectivity index (χ0) is 19.3. The largest absolute Gasteiger partial charge is 0.454 e. The summed E-state index contributed by atoms with van der Waals surface area (Å²) in [6.07, 6.45) is 3.33. The molecular formula is C21H22BrN3O3. The van der Waals surface area contributed by atoms with Gasteiger partial charge in [0.15, 0.2) is 11.5 Å². The highest BCUT2D eigenvalue weighted by Gasteiger charge is 2.24. The maximum absolute atomic E-state index is 12.4. The summed E-state index contributed by atoms with van der Waals surface area (Å²) >= 11 is 3.46. The number of rotatable bonds is 5. The van der Waals surface area contributed by atoms with Crippen LogP contribution in [0.3, 0.4) is 0 Å². The van der Waals surface area contributed by atoms with Crippen LogP contribution in [0.15, 0.2) is 52.0 Å². The topological polar surface area (TPSA) is 63.2 Å². The molecule has 0 atom stereocenters. The molecule has 2 aromatic carbocycles. The van der Waals surface area contributed by atoms with Crippen LogP contribution in [-0.4, -0.2) is 36.9 Å². The van der Waals surface area contributed by atoms with Gasteiger partial charge in [-0.1, -0.05) is 28.1 Å². The Morgan fingerprint density at radius 2 is 1.89 bits per heavy atom. The van der Waals surface area contributed by atoms with Crippen molar-refractivity contribution in [3.63, 3.8) is 0 Å². The summed E-state index contributed by atoms with van der Waals surface area (Å²) in [5.74, 6) is 1.43. The summed E-state index contributed by atoms with van der Waals surface area (Å²) in [5, 5.41) is 4.10. The molecule has 1 amide bonds. The van der Waals surface area contributed by atoms with Crippen molar-refractivity contribution >= 4 is 28.1 Å². The minimum atomic E-state index is -0.0136. The number of likely N-dealkylation sites (tertiary alicyclic amines) is 1. The van der Waals surface area contributed by atoms with Crippen molar-refractivity contribution in [2.45, 2.75) is 19.4 Å². The normalized spacial score (nSPS) is 17.2. The molecule has 2 aliphatic heterocycles. The standard InChI is InChI=1S/C21H22BrN3O3/c22-18-4-1-15(2-5-18)13-25-9-7-17(8-10-25)21(26)24-23-12-16-3-6-19-20(11-16)28-14-27-19/h1-6,11-12,17H,7-10,13-14H2,(H,24,26)/b23-12+. The Bertz CT molecular complexity index is 862. The molecule has 0 saturated carbocycles. The predicted octanol–water partition coefficient (Wildman–Crippen LogP) is 3.54. The summed E-state index contributed by atoms with van der Waals surface area (Å²) in [5.41, 5.74) is 4.82. The molecule has 2 aromatic rings. The average Bonchev–Trinajstić information content (AvgIpc) is 3.18. The molecule has 0 unspecified atom stereocenters. The van der Waals surface area contributed by atoms with E-state index in [-0.39, 0.29) is 18.6 Å². The molecule has 0 spiro atoms. The molecule has 0 bridgehead atoms. The third-order valence-electron chi connectivity index (χ3n) is 5.06. The van der Waals surface area contributed by atoms with Crippen LogP contribution in [0.5, 0.6) is 11.5 Å². The first kappa shape index (κ1) is 19.0. The van der Waals surface area contributed by atoms with Crippen molar-refractivity contribution in [1.82, 2.24) is 10.3 Å². The highest BCUT2D eigenvalue weighted by molar-refractivity contribution is 9.10.